The van der Waals surface area contributed by atoms with Crippen molar-refractivity contribution in [3.63, 3.8) is 0 Å². The second-order valence-electron chi connectivity index (χ2n) is 5.18. The zero-order chi connectivity index (χ0) is 16.9. The van der Waals surface area contributed by atoms with E-state index in [2.05, 4.69) is 20.3 Å². The number of rotatable bonds is 4. The van der Waals surface area contributed by atoms with Crippen molar-refractivity contribution in [1.29, 1.82) is 0 Å². The molecule has 0 aliphatic rings. The fourth-order valence-corrected chi connectivity index (χ4v) is 2.24. The Balaban J connectivity index is 1.81. The number of aromatic nitrogens is 3. The Hall–Kier alpha value is -3.28. The van der Waals surface area contributed by atoms with E-state index >= 15 is 0 Å². The highest BCUT2D eigenvalue weighted by Crippen LogP contribution is 2.15. The van der Waals surface area contributed by atoms with Gasteiger partial charge in [0.2, 0.25) is 0 Å². The van der Waals surface area contributed by atoms with Gasteiger partial charge in [0.25, 0.3) is 11.5 Å². The molecule has 0 bridgehead atoms. The number of aryl methyl sites for hydroxylation is 1. The number of anilines is 1. The van der Waals surface area contributed by atoms with E-state index < -0.39 is 11.5 Å². The van der Waals surface area contributed by atoms with Crippen LogP contribution >= 0.6 is 0 Å². The van der Waals surface area contributed by atoms with E-state index in [-0.39, 0.29) is 5.56 Å². The van der Waals surface area contributed by atoms with Gasteiger partial charge in [0.05, 0.1) is 18.1 Å². The number of carbonyl (C=O) groups is 1. The van der Waals surface area contributed by atoms with E-state index in [9.17, 15) is 9.59 Å². The number of benzene rings is 1. The van der Waals surface area contributed by atoms with Gasteiger partial charge in [-0.1, -0.05) is 37.3 Å². The summed E-state index contributed by atoms with van der Waals surface area (Å²) in [6.45, 7) is 1.95. The highest BCUT2D eigenvalue weighted by molar-refractivity contribution is 6.03. The number of aromatic amines is 1. The van der Waals surface area contributed by atoms with Crippen molar-refractivity contribution >= 4 is 11.6 Å². The number of hydrogen-bond acceptors (Lipinski definition) is 4. The Kier molecular flexibility index (Phi) is 4.47. The van der Waals surface area contributed by atoms with Crippen LogP contribution in [0, 0.1) is 0 Å². The summed E-state index contributed by atoms with van der Waals surface area (Å²) in [5.74, 6) is 0.196. The number of H-pyrrole nitrogens is 1. The van der Waals surface area contributed by atoms with Gasteiger partial charge < -0.3 is 10.3 Å². The number of pyridine rings is 1. The van der Waals surface area contributed by atoms with Crippen LogP contribution in [0.4, 0.5) is 5.69 Å². The lowest BCUT2D eigenvalue weighted by atomic mass is 10.1. The molecule has 0 atom stereocenters. The summed E-state index contributed by atoms with van der Waals surface area (Å²) in [5.41, 5.74) is 1.58. The Bertz CT molecular complexity index is 902. The van der Waals surface area contributed by atoms with Gasteiger partial charge in [0.1, 0.15) is 11.4 Å². The van der Waals surface area contributed by atoms with Crippen LogP contribution in [0.25, 0.3) is 11.3 Å². The lowest BCUT2D eigenvalue weighted by molar-refractivity contribution is 0.102. The van der Waals surface area contributed by atoms with Gasteiger partial charge in [-0.05, 0) is 17.7 Å². The molecule has 1 amide bonds. The molecule has 3 aromatic rings. The van der Waals surface area contributed by atoms with Crippen LogP contribution in [-0.2, 0) is 6.42 Å². The van der Waals surface area contributed by atoms with E-state index in [0.717, 1.165) is 12.0 Å². The highest BCUT2D eigenvalue weighted by Gasteiger charge is 2.12. The van der Waals surface area contributed by atoms with Crippen LogP contribution < -0.4 is 10.9 Å². The first-order valence-electron chi connectivity index (χ1n) is 7.58. The molecule has 0 radical (unpaired) electrons. The topological polar surface area (TPSA) is 87.7 Å². The molecule has 0 saturated heterocycles. The quantitative estimate of drug-likeness (QED) is 0.773. The molecule has 6 nitrogen and oxygen atoms in total. The first-order chi connectivity index (χ1) is 11.7. The Morgan fingerprint density at radius 2 is 1.79 bits per heavy atom. The molecule has 0 spiro atoms. The van der Waals surface area contributed by atoms with Crippen molar-refractivity contribution < 1.29 is 4.79 Å². The molecule has 120 valence electrons. The van der Waals surface area contributed by atoms with E-state index in [1.165, 1.54) is 18.5 Å². The lowest BCUT2D eigenvalue weighted by Crippen LogP contribution is -2.23. The zero-order valence-corrected chi connectivity index (χ0v) is 13.1. The summed E-state index contributed by atoms with van der Waals surface area (Å²) in [4.78, 5) is 35.4. The van der Waals surface area contributed by atoms with Crippen LogP contribution in [0.1, 0.15) is 23.1 Å². The van der Waals surface area contributed by atoms with Gasteiger partial charge in [-0.15, -0.1) is 0 Å². The standard InChI is InChI=1S/C18H16N4O2/c1-2-16-19-10-13(11-20-16)21-17(23)14-8-9-15(22-18(14)24)12-6-4-3-5-7-12/h3-11H,2H2,1H3,(H,21,23)(H,22,24). The molecule has 0 fully saturated rings. The van der Waals surface area contributed by atoms with E-state index in [1.54, 1.807) is 6.07 Å². The Morgan fingerprint density at radius 1 is 1.08 bits per heavy atom. The minimum absolute atomic E-state index is 0.0363. The molecular formula is C18H16N4O2. The summed E-state index contributed by atoms with van der Waals surface area (Å²) in [6, 6.07) is 12.7. The van der Waals surface area contributed by atoms with Crippen molar-refractivity contribution in [2.75, 3.05) is 5.32 Å². The lowest BCUT2D eigenvalue weighted by Gasteiger charge is -2.06. The van der Waals surface area contributed by atoms with E-state index in [0.29, 0.717) is 17.2 Å². The summed E-state index contributed by atoms with van der Waals surface area (Å²) in [7, 11) is 0. The molecule has 1 aromatic carbocycles. The van der Waals surface area contributed by atoms with Crippen molar-refractivity contribution in [1.82, 2.24) is 15.0 Å². The van der Waals surface area contributed by atoms with Gasteiger partial charge in [-0.2, -0.15) is 0 Å². The van der Waals surface area contributed by atoms with Gasteiger partial charge in [0, 0.05) is 12.1 Å². The van der Waals surface area contributed by atoms with Crippen LogP contribution in [0.5, 0.6) is 0 Å². The molecule has 2 heterocycles. The maximum absolute atomic E-state index is 12.3. The van der Waals surface area contributed by atoms with Crippen LogP contribution in [-0.4, -0.2) is 20.9 Å². The van der Waals surface area contributed by atoms with Gasteiger partial charge >= 0.3 is 0 Å². The minimum atomic E-state index is -0.497. The third-order valence-corrected chi connectivity index (χ3v) is 3.52. The first-order valence-corrected chi connectivity index (χ1v) is 7.58. The number of carbonyl (C=O) groups excluding carboxylic acids is 1. The molecule has 2 N–H and O–H groups in total. The average molecular weight is 320 g/mol. The van der Waals surface area contributed by atoms with Crippen molar-refractivity contribution in [2.24, 2.45) is 0 Å². The smallest absolute Gasteiger partial charge is 0.261 e. The van der Waals surface area contributed by atoms with Crippen molar-refractivity contribution in [2.45, 2.75) is 13.3 Å². The second kappa shape index (κ2) is 6.87. The third kappa shape index (κ3) is 3.38. The maximum Gasteiger partial charge on any atom is 0.261 e. The molecule has 2 aromatic heterocycles. The average Bonchev–Trinajstić information content (AvgIpc) is 2.63. The molecule has 6 heteroatoms. The number of amides is 1. The van der Waals surface area contributed by atoms with Gasteiger partial charge in [-0.25, -0.2) is 9.97 Å². The van der Waals surface area contributed by atoms with Crippen LogP contribution in [0.3, 0.4) is 0 Å². The number of hydrogen-bond donors (Lipinski definition) is 2. The minimum Gasteiger partial charge on any atom is -0.321 e. The van der Waals surface area contributed by atoms with Gasteiger partial charge in [-0.3, -0.25) is 9.59 Å². The molecular weight excluding hydrogens is 304 g/mol. The number of nitrogens with zero attached hydrogens (tertiary/aromatic N) is 2. The summed E-state index contributed by atoms with van der Waals surface area (Å²) in [6.07, 6.45) is 3.77. The molecule has 0 saturated carbocycles. The van der Waals surface area contributed by atoms with E-state index in [4.69, 9.17) is 0 Å². The van der Waals surface area contributed by atoms with Crippen molar-refractivity contribution in [3.05, 3.63) is 76.6 Å². The predicted molar refractivity (Wildman–Crippen MR) is 91.9 cm³/mol. The molecule has 3 rings (SSSR count). The van der Waals surface area contributed by atoms with E-state index in [1.807, 2.05) is 37.3 Å². The molecule has 0 aliphatic carbocycles. The van der Waals surface area contributed by atoms with Crippen molar-refractivity contribution in [3.8, 4) is 11.3 Å². The second-order valence-corrected chi connectivity index (χ2v) is 5.18. The summed E-state index contributed by atoms with van der Waals surface area (Å²) >= 11 is 0. The van der Waals surface area contributed by atoms with Crippen LogP contribution in [0.2, 0.25) is 0 Å². The molecule has 24 heavy (non-hydrogen) atoms. The predicted octanol–water partition coefficient (Wildman–Crippen LogP) is 2.65. The fraction of sp³-hybridized carbons (Fsp3) is 0.111. The molecule has 0 unspecified atom stereocenters. The SMILES string of the molecule is CCc1ncc(NC(=O)c2ccc(-c3ccccc3)[nH]c2=O)cn1. The van der Waals surface area contributed by atoms with Gasteiger partial charge in [0.15, 0.2) is 0 Å². The molecule has 0 aliphatic heterocycles. The highest BCUT2D eigenvalue weighted by atomic mass is 16.2. The fourth-order valence-electron chi connectivity index (χ4n) is 2.24. The number of nitrogens with one attached hydrogen (secondary N) is 2. The maximum atomic E-state index is 12.3. The zero-order valence-electron chi connectivity index (χ0n) is 13.1. The Morgan fingerprint density at radius 3 is 2.42 bits per heavy atom. The third-order valence-electron chi connectivity index (χ3n) is 3.52. The summed E-state index contributed by atoms with van der Waals surface area (Å²) in [5, 5.41) is 2.63. The Labute approximate surface area is 138 Å². The largest absolute Gasteiger partial charge is 0.321 e. The normalized spacial score (nSPS) is 10.4. The van der Waals surface area contributed by atoms with Crippen LogP contribution in [0.15, 0.2) is 59.7 Å². The monoisotopic (exact) mass is 320 g/mol. The summed E-state index contributed by atoms with van der Waals surface area (Å²) < 4.78 is 0. The first kappa shape index (κ1) is 15.6.